The summed E-state index contributed by atoms with van der Waals surface area (Å²) in [5.74, 6) is -1.04. The molecule has 3 aromatic rings. The Balaban J connectivity index is 2.26. The van der Waals surface area contributed by atoms with Crippen LogP contribution >= 0.6 is 0 Å². The highest BCUT2D eigenvalue weighted by molar-refractivity contribution is 5.62. The molecule has 6 heteroatoms. The number of pyridine rings is 1. The van der Waals surface area contributed by atoms with E-state index in [1.165, 1.54) is 6.07 Å². The fourth-order valence-corrected chi connectivity index (χ4v) is 1.97. The Morgan fingerprint density at radius 3 is 2.70 bits per heavy atom. The molecule has 0 saturated heterocycles. The first-order valence-corrected chi connectivity index (χ1v) is 5.81. The average Bonchev–Trinajstić information content (AvgIpc) is 2.85. The molecule has 2 heterocycles. The zero-order valence-corrected chi connectivity index (χ0v) is 10.4. The quantitative estimate of drug-likeness (QED) is 0.683. The molecular weight excluding hydrogens is 262 g/mol. The highest BCUT2D eigenvalue weighted by atomic mass is 19.1. The van der Waals surface area contributed by atoms with E-state index in [0.29, 0.717) is 16.8 Å². The lowest BCUT2D eigenvalue weighted by Crippen LogP contribution is -1.95. The molecule has 4 nitrogen and oxygen atoms in total. The van der Waals surface area contributed by atoms with Gasteiger partial charge in [-0.25, -0.2) is 8.78 Å². The van der Waals surface area contributed by atoms with Gasteiger partial charge in [-0.2, -0.15) is 5.26 Å². The van der Waals surface area contributed by atoms with Crippen LogP contribution < -0.4 is 0 Å². The van der Waals surface area contributed by atoms with Gasteiger partial charge in [-0.1, -0.05) is 0 Å². The summed E-state index contributed by atoms with van der Waals surface area (Å²) < 4.78 is 28.7. The van der Waals surface area contributed by atoms with Crippen LogP contribution in [-0.2, 0) is 0 Å². The zero-order chi connectivity index (χ0) is 14.3. The summed E-state index contributed by atoms with van der Waals surface area (Å²) >= 11 is 0. The summed E-state index contributed by atoms with van der Waals surface area (Å²) in [5.41, 5.74) is 1.36. The Morgan fingerprint density at radius 2 is 1.95 bits per heavy atom. The Kier molecular flexibility index (Phi) is 2.68. The number of nitriles is 1. The molecule has 1 aromatic carbocycles. The molecule has 0 saturated carbocycles. The van der Waals surface area contributed by atoms with Crippen molar-refractivity contribution >= 4 is 5.65 Å². The zero-order valence-electron chi connectivity index (χ0n) is 10.4. The van der Waals surface area contributed by atoms with Crippen molar-refractivity contribution in [2.45, 2.75) is 6.92 Å². The predicted molar refractivity (Wildman–Crippen MR) is 67.8 cm³/mol. The van der Waals surface area contributed by atoms with Crippen molar-refractivity contribution in [3.63, 3.8) is 0 Å². The molecule has 2 aromatic heterocycles. The Labute approximate surface area is 112 Å². The SMILES string of the molecule is Cc1cc(-c2nnc3cc(C#N)ccn23)c(F)cc1F. The number of nitrogens with zero attached hydrogens (tertiary/aromatic N) is 4. The van der Waals surface area contributed by atoms with E-state index in [1.54, 1.807) is 29.7 Å². The normalized spacial score (nSPS) is 10.7. The molecule has 0 radical (unpaired) electrons. The number of rotatable bonds is 1. The lowest BCUT2D eigenvalue weighted by Gasteiger charge is -2.04. The standard InChI is InChI=1S/C14H8F2N4/c1-8-4-10(12(16)6-11(8)15)14-19-18-13-5-9(7-17)2-3-20(13)14/h2-6H,1H3. The molecule has 3 rings (SSSR count). The summed E-state index contributed by atoms with van der Waals surface area (Å²) in [6.45, 7) is 1.55. The van der Waals surface area contributed by atoms with Gasteiger partial charge in [0.15, 0.2) is 11.5 Å². The van der Waals surface area contributed by atoms with Crippen molar-refractivity contribution in [3.8, 4) is 17.5 Å². The van der Waals surface area contributed by atoms with E-state index in [0.717, 1.165) is 6.07 Å². The van der Waals surface area contributed by atoms with Crippen LogP contribution in [0.25, 0.3) is 17.0 Å². The van der Waals surface area contributed by atoms with Crippen molar-refractivity contribution in [1.29, 1.82) is 5.26 Å². The van der Waals surface area contributed by atoms with Crippen LogP contribution in [0.2, 0.25) is 0 Å². The molecule has 20 heavy (non-hydrogen) atoms. The van der Waals surface area contributed by atoms with Gasteiger partial charge in [-0.15, -0.1) is 10.2 Å². The number of fused-ring (bicyclic) bond motifs is 1. The fraction of sp³-hybridized carbons (Fsp3) is 0.0714. The largest absolute Gasteiger partial charge is 0.282 e. The van der Waals surface area contributed by atoms with Gasteiger partial charge < -0.3 is 0 Å². The summed E-state index contributed by atoms with van der Waals surface area (Å²) in [4.78, 5) is 0. The van der Waals surface area contributed by atoms with Gasteiger partial charge in [0.25, 0.3) is 0 Å². The maximum atomic E-state index is 13.9. The number of benzene rings is 1. The third-order valence-corrected chi connectivity index (χ3v) is 3.03. The topological polar surface area (TPSA) is 54.0 Å². The number of aromatic nitrogens is 3. The van der Waals surface area contributed by atoms with Crippen LogP contribution in [0.3, 0.4) is 0 Å². The molecule has 0 unspecified atom stereocenters. The number of halogens is 2. The molecular formula is C14H8F2N4. The molecule has 0 spiro atoms. The van der Waals surface area contributed by atoms with Crippen molar-refractivity contribution in [1.82, 2.24) is 14.6 Å². The van der Waals surface area contributed by atoms with E-state index in [9.17, 15) is 8.78 Å². The van der Waals surface area contributed by atoms with Crippen LogP contribution in [0.15, 0.2) is 30.5 Å². The van der Waals surface area contributed by atoms with Crippen LogP contribution in [0.4, 0.5) is 8.78 Å². The van der Waals surface area contributed by atoms with Crippen molar-refractivity contribution < 1.29 is 8.78 Å². The van der Waals surface area contributed by atoms with Crippen molar-refractivity contribution in [3.05, 3.63) is 53.2 Å². The summed E-state index contributed by atoms with van der Waals surface area (Å²) in [6.07, 6.45) is 1.58. The van der Waals surface area contributed by atoms with Crippen molar-refractivity contribution in [2.75, 3.05) is 0 Å². The molecule has 0 fully saturated rings. The monoisotopic (exact) mass is 270 g/mol. The first-order chi connectivity index (χ1) is 9.60. The molecule has 0 N–H and O–H groups in total. The van der Waals surface area contributed by atoms with Gasteiger partial charge in [0, 0.05) is 18.3 Å². The lowest BCUT2D eigenvalue weighted by atomic mass is 10.1. The van der Waals surface area contributed by atoms with Gasteiger partial charge in [0.1, 0.15) is 11.6 Å². The Bertz CT molecular complexity index is 861. The molecule has 0 aliphatic rings. The minimum absolute atomic E-state index is 0.168. The second kappa shape index (κ2) is 4.38. The van der Waals surface area contributed by atoms with E-state index in [1.807, 2.05) is 6.07 Å². The molecule has 98 valence electrons. The van der Waals surface area contributed by atoms with E-state index < -0.39 is 11.6 Å². The maximum absolute atomic E-state index is 13.9. The van der Waals surface area contributed by atoms with E-state index in [4.69, 9.17) is 5.26 Å². The van der Waals surface area contributed by atoms with Crippen LogP contribution in [-0.4, -0.2) is 14.6 Å². The third-order valence-electron chi connectivity index (χ3n) is 3.03. The smallest absolute Gasteiger partial charge is 0.171 e. The first-order valence-electron chi connectivity index (χ1n) is 5.81. The van der Waals surface area contributed by atoms with Crippen molar-refractivity contribution in [2.24, 2.45) is 0 Å². The fourth-order valence-electron chi connectivity index (χ4n) is 1.97. The summed E-state index contributed by atoms with van der Waals surface area (Å²) in [6, 6.07) is 7.33. The van der Waals surface area contributed by atoms with Gasteiger partial charge in [0.2, 0.25) is 0 Å². The molecule has 0 atom stereocenters. The molecule has 0 amide bonds. The maximum Gasteiger partial charge on any atom is 0.171 e. The van der Waals surface area contributed by atoms with E-state index >= 15 is 0 Å². The Morgan fingerprint density at radius 1 is 1.15 bits per heavy atom. The average molecular weight is 270 g/mol. The van der Waals surface area contributed by atoms with Gasteiger partial charge in [-0.3, -0.25) is 4.40 Å². The van der Waals surface area contributed by atoms with Crippen LogP contribution in [0.1, 0.15) is 11.1 Å². The molecule has 0 bridgehead atoms. The number of hydrogen-bond acceptors (Lipinski definition) is 3. The second-order valence-electron chi connectivity index (χ2n) is 4.36. The van der Waals surface area contributed by atoms with Gasteiger partial charge >= 0.3 is 0 Å². The first kappa shape index (κ1) is 12.2. The van der Waals surface area contributed by atoms with E-state index in [2.05, 4.69) is 10.2 Å². The highest BCUT2D eigenvalue weighted by Crippen LogP contribution is 2.24. The highest BCUT2D eigenvalue weighted by Gasteiger charge is 2.15. The summed E-state index contributed by atoms with van der Waals surface area (Å²) in [7, 11) is 0. The number of hydrogen-bond donors (Lipinski definition) is 0. The van der Waals surface area contributed by atoms with Gasteiger partial charge in [-0.05, 0) is 24.6 Å². The molecule has 0 aliphatic heterocycles. The van der Waals surface area contributed by atoms with Gasteiger partial charge in [0.05, 0.1) is 17.2 Å². The lowest BCUT2D eigenvalue weighted by molar-refractivity contribution is 0.579. The minimum Gasteiger partial charge on any atom is -0.282 e. The van der Waals surface area contributed by atoms with Crippen LogP contribution in [0, 0.1) is 29.9 Å². The summed E-state index contributed by atoms with van der Waals surface area (Å²) in [5, 5.41) is 16.6. The second-order valence-corrected chi connectivity index (χ2v) is 4.36. The van der Waals surface area contributed by atoms with Crippen LogP contribution in [0.5, 0.6) is 0 Å². The Hall–Kier alpha value is -2.81. The number of aryl methyl sites for hydroxylation is 1. The van der Waals surface area contributed by atoms with E-state index in [-0.39, 0.29) is 11.4 Å². The predicted octanol–water partition coefficient (Wildman–Crippen LogP) is 2.85. The third kappa shape index (κ3) is 1.80. The minimum atomic E-state index is -0.702. The molecule has 0 aliphatic carbocycles.